The average Bonchev–Trinajstić information content (AvgIpc) is 3.00. The minimum absolute atomic E-state index is 0.131. The molecule has 0 aliphatic heterocycles. The summed E-state index contributed by atoms with van der Waals surface area (Å²) in [6.45, 7) is 8.95. The van der Waals surface area contributed by atoms with Crippen molar-refractivity contribution in [3.05, 3.63) is 28.8 Å². The van der Waals surface area contributed by atoms with Gasteiger partial charge in [-0.05, 0) is 96.8 Å². The van der Waals surface area contributed by atoms with E-state index in [1.54, 1.807) is 0 Å². The number of ether oxygens (including phenoxy) is 4. The van der Waals surface area contributed by atoms with Gasteiger partial charge in [0.15, 0.2) is 0 Å². The quantitative estimate of drug-likeness (QED) is 0.185. The first-order valence-corrected chi connectivity index (χ1v) is 17.9. The maximum Gasteiger partial charge on any atom is 0.317 e. The molecule has 6 aliphatic rings. The fourth-order valence-corrected chi connectivity index (χ4v) is 9.37. The molecule has 4 bridgehead atoms. The number of esters is 2. The molecule has 0 saturated heterocycles. The first kappa shape index (κ1) is 32.0. The van der Waals surface area contributed by atoms with Crippen molar-refractivity contribution in [2.24, 2.45) is 22.7 Å². The summed E-state index contributed by atoms with van der Waals surface area (Å²) in [5, 5.41) is 0. The predicted octanol–water partition coefficient (Wildman–Crippen LogP) is 8.92. The van der Waals surface area contributed by atoms with Crippen molar-refractivity contribution in [1.82, 2.24) is 0 Å². The zero-order chi connectivity index (χ0) is 31.0. The maximum absolute atomic E-state index is 14.5. The fourth-order valence-electron chi connectivity index (χ4n) is 9.37. The number of hydrogen-bond donors (Lipinski definition) is 0. The summed E-state index contributed by atoms with van der Waals surface area (Å²) >= 11 is 0. The lowest BCUT2D eigenvalue weighted by molar-refractivity contribution is -0.214. The van der Waals surface area contributed by atoms with E-state index in [2.05, 4.69) is 19.1 Å². The second kappa shape index (κ2) is 13.1. The summed E-state index contributed by atoms with van der Waals surface area (Å²) < 4.78 is 25.9. The van der Waals surface area contributed by atoms with Gasteiger partial charge < -0.3 is 18.9 Å². The van der Waals surface area contributed by atoms with Crippen LogP contribution in [0.1, 0.15) is 147 Å². The van der Waals surface area contributed by atoms with Crippen LogP contribution >= 0.6 is 0 Å². The van der Waals surface area contributed by atoms with Crippen LogP contribution in [0.4, 0.5) is 0 Å². The highest BCUT2D eigenvalue weighted by molar-refractivity contribution is 5.81. The van der Waals surface area contributed by atoms with E-state index in [-0.39, 0.29) is 24.1 Å². The van der Waals surface area contributed by atoms with Gasteiger partial charge in [0, 0.05) is 17.5 Å². The summed E-state index contributed by atoms with van der Waals surface area (Å²) in [7, 11) is 0. The summed E-state index contributed by atoms with van der Waals surface area (Å²) in [4.78, 5) is 27.8. The van der Waals surface area contributed by atoms with Crippen LogP contribution in [-0.4, -0.2) is 29.7 Å². The molecule has 0 spiro atoms. The zero-order valence-electron chi connectivity index (χ0n) is 27.8. The van der Waals surface area contributed by atoms with Crippen LogP contribution in [0.25, 0.3) is 0 Å². The molecule has 6 nitrogen and oxygen atoms in total. The molecule has 1 aromatic rings. The lowest BCUT2D eigenvalue weighted by Gasteiger charge is -2.60. The summed E-state index contributed by atoms with van der Waals surface area (Å²) in [5.74, 6) is 1.14. The number of rotatable bonds is 11. The Hall–Kier alpha value is -1.92. The van der Waals surface area contributed by atoms with Crippen molar-refractivity contribution in [1.29, 1.82) is 0 Å². The van der Waals surface area contributed by atoms with Crippen LogP contribution in [-0.2, 0) is 37.0 Å². The first-order valence-electron chi connectivity index (χ1n) is 17.9. The summed E-state index contributed by atoms with van der Waals surface area (Å²) in [5.41, 5.74) is 1.32. The van der Waals surface area contributed by atoms with Crippen LogP contribution in [0.2, 0.25) is 0 Å². The molecular weight excluding hydrogens is 552 g/mol. The van der Waals surface area contributed by atoms with Gasteiger partial charge >= 0.3 is 11.9 Å². The molecule has 6 heteroatoms. The number of carbonyl (C=O) groups is 2. The Kier molecular flexibility index (Phi) is 9.51. The Balaban J connectivity index is 1.25. The van der Waals surface area contributed by atoms with Crippen molar-refractivity contribution in [2.75, 3.05) is 0 Å². The minimum Gasteiger partial charge on any atom is -0.459 e. The second-order valence-electron chi connectivity index (χ2n) is 16.0. The molecule has 2 atom stereocenters. The Morgan fingerprint density at radius 1 is 0.818 bits per heavy atom. The molecule has 6 aliphatic carbocycles. The molecule has 0 amide bonds. The molecule has 44 heavy (non-hydrogen) atoms. The van der Waals surface area contributed by atoms with Gasteiger partial charge in [0.25, 0.3) is 0 Å². The molecule has 0 heterocycles. The van der Waals surface area contributed by atoms with E-state index in [0.29, 0.717) is 37.2 Å². The normalized spacial score (nSPS) is 30.8. The minimum atomic E-state index is -0.616. The van der Waals surface area contributed by atoms with Crippen LogP contribution in [0.15, 0.2) is 12.1 Å². The van der Waals surface area contributed by atoms with Gasteiger partial charge in [-0.25, -0.2) is 0 Å². The zero-order valence-corrected chi connectivity index (χ0v) is 27.8. The fraction of sp³-hybridized carbons (Fsp3) is 0.789. The molecule has 7 rings (SSSR count). The van der Waals surface area contributed by atoms with Crippen molar-refractivity contribution in [3.63, 3.8) is 0 Å². The van der Waals surface area contributed by atoms with E-state index in [0.717, 1.165) is 80.9 Å². The number of benzene rings is 1. The van der Waals surface area contributed by atoms with Crippen LogP contribution in [0.5, 0.6) is 5.75 Å². The van der Waals surface area contributed by atoms with E-state index in [9.17, 15) is 9.59 Å². The third-order valence-corrected chi connectivity index (χ3v) is 11.8. The molecule has 0 aromatic heterocycles. The number of aryl methyl sites for hydroxylation is 1. The maximum atomic E-state index is 14.5. The molecule has 1 aromatic carbocycles. The first-order chi connectivity index (χ1) is 21.1. The molecule has 2 unspecified atom stereocenters. The topological polar surface area (TPSA) is 71.1 Å². The molecule has 244 valence electrons. The van der Waals surface area contributed by atoms with Crippen molar-refractivity contribution < 1.29 is 28.5 Å². The summed E-state index contributed by atoms with van der Waals surface area (Å²) in [6.07, 6.45) is 18.2. The highest BCUT2D eigenvalue weighted by Gasteiger charge is 2.63. The van der Waals surface area contributed by atoms with Gasteiger partial charge in [0.05, 0.1) is 36.3 Å². The van der Waals surface area contributed by atoms with E-state index < -0.39 is 16.4 Å². The molecule has 0 N–H and O–H groups in total. The Bertz CT molecular complexity index is 1130. The SMILES string of the molecule is CCC(C)(C)C(=O)OC12CC3CC(C1)CC(C(=O)Oc1c(COC4CCCCC4)cc(C)cc1COC1CCCCC1)(C3)C2. The van der Waals surface area contributed by atoms with E-state index in [1.807, 2.05) is 20.8 Å². The average molecular weight is 609 g/mol. The number of hydrogen-bond acceptors (Lipinski definition) is 6. The third kappa shape index (κ3) is 6.92. The van der Waals surface area contributed by atoms with Crippen molar-refractivity contribution >= 4 is 11.9 Å². The third-order valence-electron chi connectivity index (χ3n) is 11.8. The number of carbonyl (C=O) groups excluding carboxylic acids is 2. The van der Waals surface area contributed by atoms with Gasteiger partial charge in [0.2, 0.25) is 0 Å². The van der Waals surface area contributed by atoms with Crippen LogP contribution in [0, 0.1) is 29.6 Å². The Morgan fingerprint density at radius 3 is 1.84 bits per heavy atom. The lowest BCUT2D eigenvalue weighted by Crippen LogP contribution is -2.61. The van der Waals surface area contributed by atoms with Gasteiger partial charge in [-0.1, -0.05) is 63.1 Å². The molecule has 0 radical (unpaired) electrons. The smallest absolute Gasteiger partial charge is 0.317 e. The largest absolute Gasteiger partial charge is 0.459 e. The standard InChI is InChI=1S/C38H56O6/c1-5-36(3,4)34(39)44-38-21-27-18-28(22-38)20-37(19-27,25-38)35(40)43-33-29(23-41-31-12-8-6-9-13-31)16-26(2)17-30(33)24-42-32-14-10-7-11-15-32/h16-17,27-28,31-32H,5-15,18-25H2,1-4H3. The van der Waals surface area contributed by atoms with Gasteiger partial charge in [-0.15, -0.1) is 0 Å². The highest BCUT2D eigenvalue weighted by Crippen LogP contribution is 2.63. The molecular formula is C38H56O6. The van der Waals surface area contributed by atoms with Gasteiger partial charge in [0.1, 0.15) is 11.4 Å². The predicted molar refractivity (Wildman–Crippen MR) is 170 cm³/mol. The van der Waals surface area contributed by atoms with Crippen LogP contribution < -0.4 is 4.74 Å². The Morgan fingerprint density at radius 2 is 1.34 bits per heavy atom. The van der Waals surface area contributed by atoms with Gasteiger partial charge in [-0.2, -0.15) is 0 Å². The highest BCUT2D eigenvalue weighted by atomic mass is 16.6. The lowest BCUT2D eigenvalue weighted by atomic mass is 9.48. The Labute approximate surface area is 265 Å². The monoisotopic (exact) mass is 608 g/mol. The van der Waals surface area contributed by atoms with Crippen LogP contribution in [0.3, 0.4) is 0 Å². The van der Waals surface area contributed by atoms with E-state index in [4.69, 9.17) is 18.9 Å². The van der Waals surface area contributed by atoms with E-state index >= 15 is 0 Å². The van der Waals surface area contributed by atoms with Crippen molar-refractivity contribution in [3.8, 4) is 5.75 Å². The van der Waals surface area contributed by atoms with Crippen molar-refractivity contribution in [2.45, 2.75) is 168 Å². The summed E-state index contributed by atoms with van der Waals surface area (Å²) in [6, 6.07) is 4.26. The molecule has 6 fully saturated rings. The molecule has 6 saturated carbocycles. The second-order valence-corrected chi connectivity index (χ2v) is 16.0. The van der Waals surface area contributed by atoms with E-state index in [1.165, 1.54) is 38.5 Å². The van der Waals surface area contributed by atoms with Gasteiger partial charge in [-0.3, -0.25) is 9.59 Å².